The number of aromatic nitrogens is 4. The highest BCUT2D eigenvalue weighted by molar-refractivity contribution is 6.31. The summed E-state index contributed by atoms with van der Waals surface area (Å²) in [6.07, 6.45) is 4.69. The average molecular weight is 500 g/mol. The lowest BCUT2D eigenvalue weighted by atomic mass is 9.93. The number of nitrogens with one attached hydrogen (secondary N) is 1. The minimum atomic E-state index is -1.07. The molecule has 8 nitrogen and oxygen atoms in total. The Morgan fingerprint density at radius 1 is 1.34 bits per heavy atom. The number of ether oxygens (including phenoxy) is 1. The number of rotatable bonds is 6. The number of hydrogen-bond donors (Lipinski definition) is 2. The SMILES string of the molecule is CC1=CN[C@@H](c2cccc(C(C)(C)O)n2)C[C@H]1n1c(C)cc(OCc2ncncc2F)c(Cl)c1=O. The predicted molar refractivity (Wildman–Crippen MR) is 130 cm³/mol. The third-order valence-electron chi connectivity index (χ3n) is 6.01. The third kappa shape index (κ3) is 5.21. The molecule has 0 unspecified atom stereocenters. The molecule has 0 radical (unpaired) electrons. The summed E-state index contributed by atoms with van der Waals surface area (Å²) in [7, 11) is 0. The Labute approximate surface area is 207 Å². The molecule has 0 saturated carbocycles. The minimum Gasteiger partial charge on any atom is -0.485 e. The molecular formula is C25H27ClFN5O3. The molecule has 3 aromatic heterocycles. The van der Waals surface area contributed by atoms with Crippen molar-refractivity contribution in [1.29, 1.82) is 0 Å². The summed E-state index contributed by atoms with van der Waals surface area (Å²) in [5.41, 5.74) is 1.54. The number of pyridine rings is 2. The maximum absolute atomic E-state index is 13.8. The number of aliphatic hydroxyl groups is 1. The van der Waals surface area contributed by atoms with Crippen LogP contribution in [0.25, 0.3) is 0 Å². The van der Waals surface area contributed by atoms with Gasteiger partial charge < -0.3 is 19.7 Å². The summed E-state index contributed by atoms with van der Waals surface area (Å²) in [6, 6.07) is 6.76. The standard InChI is InChI=1S/C25H27ClFN5O3/c1-14-10-29-18(17-6-5-7-22(31-17)25(3,4)34)9-20(14)32-15(2)8-21(23(26)24(32)33)35-12-19-16(27)11-28-13-30-19/h5-8,10-11,13,18,20,29,34H,9,12H2,1-4H3/t18-,20-/m1/s1. The van der Waals surface area contributed by atoms with Crippen LogP contribution in [0.5, 0.6) is 5.75 Å². The number of halogens is 2. The normalized spacial score (nSPS) is 18.1. The van der Waals surface area contributed by atoms with Gasteiger partial charge in [0, 0.05) is 11.8 Å². The minimum absolute atomic E-state index is 0.0682. The van der Waals surface area contributed by atoms with Gasteiger partial charge in [0.15, 0.2) is 5.82 Å². The van der Waals surface area contributed by atoms with Gasteiger partial charge in [-0.2, -0.15) is 0 Å². The quantitative estimate of drug-likeness (QED) is 0.526. The Hall–Kier alpha value is -3.30. The van der Waals surface area contributed by atoms with Gasteiger partial charge in [0.1, 0.15) is 35.0 Å². The van der Waals surface area contributed by atoms with Gasteiger partial charge in [-0.15, -0.1) is 0 Å². The topological polar surface area (TPSA) is 102 Å². The summed E-state index contributed by atoms with van der Waals surface area (Å²) in [6.45, 7) is 6.93. The largest absolute Gasteiger partial charge is 0.485 e. The fourth-order valence-corrected chi connectivity index (χ4v) is 4.28. The van der Waals surface area contributed by atoms with Crippen LogP contribution >= 0.6 is 11.6 Å². The zero-order chi connectivity index (χ0) is 25.3. The first-order valence-corrected chi connectivity index (χ1v) is 11.6. The Morgan fingerprint density at radius 3 is 2.83 bits per heavy atom. The Morgan fingerprint density at radius 2 is 2.11 bits per heavy atom. The molecule has 4 rings (SSSR count). The Kier molecular flexibility index (Phi) is 6.91. The molecule has 0 aromatic carbocycles. The van der Waals surface area contributed by atoms with Crippen molar-refractivity contribution in [3.05, 3.63) is 92.5 Å². The van der Waals surface area contributed by atoms with E-state index in [9.17, 15) is 14.3 Å². The highest BCUT2D eigenvalue weighted by Gasteiger charge is 2.29. The molecule has 1 aliphatic rings. The zero-order valence-electron chi connectivity index (χ0n) is 19.9. The maximum atomic E-state index is 13.8. The summed E-state index contributed by atoms with van der Waals surface area (Å²) in [4.78, 5) is 25.4. The van der Waals surface area contributed by atoms with Gasteiger partial charge in [-0.3, -0.25) is 9.78 Å². The van der Waals surface area contributed by atoms with Crippen LogP contribution in [0.1, 0.15) is 62.1 Å². The van der Waals surface area contributed by atoms with Gasteiger partial charge in [0.25, 0.3) is 5.56 Å². The molecule has 0 amide bonds. The molecule has 4 heterocycles. The van der Waals surface area contributed by atoms with E-state index in [0.717, 1.165) is 17.5 Å². The van der Waals surface area contributed by atoms with E-state index in [1.165, 1.54) is 6.33 Å². The second-order valence-corrected chi connectivity index (χ2v) is 9.49. The summed E-state index contributed by atoms with van der Waals surface area (Å²) >= 11 is 6.41. The Balaban J connectivity index is 1.62. The van der Waals surface area contributed by atoms with Crippen molar-refractivity contribution >= 4 is 11.6 Å². The Bertz CT molecular complexity index is 1340. The summed E-state index contributed by atoms with van der Waals surface area (Å²) in [5, 5.41) is 13.6. The summed E-state index contributed by atoms with van der Waals surface area (Å²) in [5.74, 6) is -0.437. The van der Waals surface area contributed by atoms with Crippen LogP contribution in [0.2, 0.25) is 5.02 Å². The molecule has 0 fully saturated rings. The van der Waals surface area contributed by atoms with Crippen molar-refractivity contribution in [2.75, 3.05) is 0 Å². The summed E-state index contributed by atoms with van der Waals surface area (Å²) < 4.78 is 21.1. The van der Waals surface area contributed by atoms with Crippen molar-refractivity contribution in [3.63, 3.8) is 0 Å². The zero-order valence-corrected chi connectivity index (χ0v) is 20.7. The average Bonchev–Trinajstić information content (AvgIpc) is 2.82. The highest BCUT2D eigenvalue weighted by Crippen LogP contribution is 2.35. The van der Waals surface area contributed by atoms with Gasteiger partial charge in [0.05, 0.1) is 29.7 Å². The lowest BCUT2D eigenvalue weighted by Crippen LogP contribution is -2.34. The van der Waals surface area contributed by atoms with E-state index < -0.39 is 17.0 Å². The molecule has 0 bridgehead atoms. The molecule has 0 aliphatic carbocycles. The van der Waals surface area contributed by atoms with E-state index in [0.29, 0.717) is 17.8 Å². The van der Waals surface area contributed by atoms with E-state index in [-0.39, 0.29) is 35.2 Å². The van der Waals surface area contributed by atoms with Crippen molar-refractivity contribution in [2.24, 2.45) is 0 Å². The molecule has 10 heteroatoms. The van der Waals surface area contributed by atoms with E-state index in [1.807, 2.05) is 25.3 Å². The van der Waals surface area contributed by atoms with E-state index in [4.69, 9.17) is 16.3 Å². The van der Waals surface area contributed by atoms with Crippen molar-refractivity contribution in [1.82, 2.24) is 24.8 Å². The first kappa shape index (κ1) is 24.8. The van der Waals surface area contributed by atoms with E-state index in [2.05, 4.69) is 20.3 Å². The van der Waals surface area contributed by atoms with Crippen LogP contribution in [-0.2, 0) is 12.2 Å². The van der Waals surface area contributed by atoms with E-state index >= 15 is 0 Å². The smallest absolute Gasteiger partial charge is 0.273 e. The maximum Gasteiger partial charge on any atom is 0.273 e. The number of nitrogens with zero attached hydrogens (tertiary/aromatic N) is 4. The van der Waals surface area contributed by atoms with Crippen LogP contribution in [0.4, 0.5) is 4.39 Å². The van der Waals surface area contributed by atoms with Crippen LogP contribution in [0.15, 0.2) is 53.4 Å². The fraction of sp³-hybridized carbons (Fsp3) is 0.360. The van der Waals surface area contributed by atoms with Crippen LogP contribution in [-0.4, -0.2) is 24.6 Å². The fourth-order valence-electron chi connectivity index (χ4n) is 4.08. The molecule has 2 atom stereocenters. The molecule has 1 aliphatic heterocycles. The lowest BCUT2D eigenvalue weighted by Gasteiger charge is -2.32. The molecule has 0 saturated heterocycles. The van der Waals surface area contributed by atoms with Crippen LogP contribution in [0, 0.1) is 12.7 Å². The molecule has 2 N–H and O–H groups in total. The van der Waals surface area contributed by atoms with Gasteiger partial charge in [-0.25, -0.2) is 14.4 Å². The highest BCUT2D eigenvalue weighted by atomic mass is 35.5. The molecule has 184 valence electrons. The van der Waals surface area contributed by atoms with Crippen LogP contribution in [0.3, 0.4) is 0 Å². The number of aryl methyl sites for hydroxylation is 1. The van der Waals surface area contributed by atoms with Gasteiger partial charge >= 0.3 is 0 Å². The molecule has 35 heavy (non-hydrogen) atoms. The molecular weight excluding hydrogens is 473 g/mol. The first-order chi connectivity index (χ1) is 16.6. The predicted octanol–water partition coefficient (Wildman–Crippen LogP) is 4.12. The second-order valence-electron chi connectivity index (χ2n) is 9.11. The first-order valence-electron chi connectivity index (χ1n) is 11.2. The molecule has 3 aromatic rings. The van der Waals surface area contributed by atoms with E-state index in [1.54, 1.807) is 37.5 Å². The monoisotopic (exact) mass is 499 g/mol. The number of allylic oxidation sites excluding steroid dienone is 1. The van der Waals surface area contributed by atoms with Crippen molar-refractivity contribution < 1.29 is 14.2 Å². The van der Waals surface area contributed by atoms with Gasteiger partial charge in [-0.1, -0.05) is 17.7 Å². The van der Waals surface area contributed by atoms with Crippen LogP contribution < -0.4 is 15.6 Å². The third-order valence-corrected chi connectivity index (χ3v) is 6.36. The van der Waals surface area contributed by atoms with Crippen molar-refractivity contribution in [3.8, 4) is 5.75 Å². The second kappa shape index (κ2) is 9.75. The van der Waals surface area contributed by atoms with Crippen molar-refractivity contribution in [2.45, 2.75) is 58.4 Å². The lowest BCUT2D eigenvalue weighted by molar-refractivity contribution is 0.0735. The number of hydrogen-bond acceptors (Lipinski definition) is 7. The van der Waals surface area contributed by atoms with Gasteiger partial charge in [-0.05, 0) is 58.0 Å². The molecule has 0 spiro atoms. The van der Waals surface area contributed by atoms with Gasteiger partial charge in [0.2, 0.25) is 0 Å².